The van der Waals surface area contributed by atoms with Crippen molar-refractivity contribution in [2.24, 2.45) is 0 Å². The van der Waals surface area contributed by atoms with Crippen LogP contribution in [0.3, 0.4) is 0 Å². The van der Waals surface area contributed by atoms with Gasteiger partial charge in [0.05, 0.1) is 25.9 Å². The molecule has 0 aliphatic carbocycles. The first kappa shape index (κ1) is 24.2. The molecular formula is C24H31NO7. The molecule has 4 atom stereocenters. The number of ether oxygens (including phenoxy) is 4. The highest BCUT2D eigenvalue weighted by molar-refractivity contribution is 5.67. The second-order valence-corrected chi connectivity index (χ2v) is 8.13. The van der Waals surface area contributed by atoms with Crippen LogP contribution >= 0.6 is 0 Å². The Bertz CT molecular complexity index is 831. The Morgan fingerprint density at radius 3 is 2.22 bits per heavy atom. The van der Waals surface area contributed by atoms with Gasteiger partial charge < -0.3 is 34.5 Å². The molecule has 8 nitrogen and oxygen atoms in total. The number of hydrogen-bond donors (Lipinski definition) is 3. The van der Waals surface area contributed by atoms with Crippen molar-refractivity contribution in [3.8, 4) is 0 Å². The van der Waals surface area contributed by atoms with Gasteiger partial charge in [-0.05, 0) is 25.0 Å². The maximum atomic E-state index is 12.2. The lowest BCUT2D eigenvalue weighted by Crippen LogP contribution is -2.53. The molecule has 174 valence electrons. The highest BCUT2D eigenvalue weighted by Crippen LogP contribution is 2.31. The van der Waals surface area contributed by atoms with Gasteiger partial charge in [0.1, 0.15) is 24.9 Å². The van der Waals surface area contributed by atoms with Crippen LogP contribution in [0.1, 0.15) is 25.0 Å². The molecule has 8 heteroatoms. The normalized spacial score (nSPS) is 21.6. The smallest absolute Gasteiger partial charge is 0.407 e. The number of aliphatic hydroxyl groups excluding tert-OH is 2. The Kier molecular flexibility index (Phi) is 8.60. The second kappa shape index (κ2) is 11.4. The molecule has 1 saturated heterocycles. The van der Waals surface area contributed by atoms with Gasteiger partial charge in [-0.15, -0.1) is 0 Å². The molecule has 0 saturated carbocycles. The van der Waals surface area contributed by atoms with Crippen molar-refractivity contribution in [1.29, 1.82) is 0 Å². The van der Waals surface area contributed by atoms with Gasteiger partial charge in [0.25, 0.3) is 0 Å². The van der Waals surface area contributed by atoms with Gasteiger partial charge >= 0.3 is 6.09 Å². The van der Waals surface area contributed by atoms with E-state index in [1.165, 1.54) is 0 Å². The predicted molar refractivity (Wildman–Crippen MR) is 117 cm³/mol. The molecule has 2 aromatic rings. The summed E-state index contributed by atoms with van der Waals surface area (Å²) in [7, 11) is 0. The van der Waals surface area contributed by atoms with Crippen molar-refractivity contribution in [2.45, 2.75) is 57.2 Å². The molecule has 2 aromatic carbocycles. The molecule has 32 heavy (non-hydrogen) atoms. The summed E-state index contributed by atoms with van der Waals surface area (Å²) < 4.78 is 22.7. The first-order valence-corrected chi connectivity index (χ1v) is 10.6. The third kappa shape index (κ3) is 7.01. The van der Waals surface area contributed by atoms with Gasteiger partial charge in [-0.1, -0.05) is 60.7 Å². The predicted octanol–water partition coefficient (Wildman–Crippen LogP) is 2.37. The van der Waals surface area contributed by atoms with E-state index in [9.17, 15) is 15.0 Å². The van der Waals surface area contributed by atoms with Gasteiger partial charge in [0, 0.05) is 0 Å². The minimum atomic E-state index is -1.24. The Balaban J connectivity index is 1.54. The van der Waals surface area contributed by atoms with E-state index in [0.717, 1.165) is 11.1 Å². The van der Waals surface area contributed by atoms with E-state index < -0.39 is 42.8 Å². The molecule has 0 bridgehead atoms. The average Bonchev–Trinajstić information content (AvgIpc) is 3.11. The summed E-state index contributed by atoms with van der Waals surface area (Å²) in [6.07, 6.45) is -3.38. The number of hydrogen-bond acceptors (Lipinski definition) is 7. The van der Waals surface area contributed by atoms with Crippen LogP contribution in [0.2, 0.25) is 0 Å². The Morgan fingerprint density at radius 1 is 1.03 bits per heavy atom. The quantitative estimate of drug-likeness (QED) is 0.515. The van der Waals surface area contributed by atoms with Gasteiger partial charge in [0.15, 0.2) is 5.79 Å². The minimum Gasteiger partial charge on any atom is -0.445 e. The zero-order valence-corrected chi connectivity index (χ0v) is 18.3. The summed E-state index contributed by atoms with van der Waals surface area (Å²) in [5.41, 5.74) is 1.84. The van der Waals surface area contributed by atoms with Crippen LogP contribution in [-0.4, -0.2) is 59.7 Å². The Morgan fingerprint density at radius 2 is 1.62 bits per heavy atom. The topological polar surface area (TPSA) is 106 Å². The molecule has 0 aromatic heterocycles. The third-order valence-corrected chi connectivity index (χ3v) is 5.08. The molecule has 3 rings (SSSR count). The van der Waals surface area contributed by atoms with Crippen LogP contribution in [0.5, 0.6) is 0 Å². The summed E-state index contributed by atoms with van der Waals surface area (Å²) in [5, 5.41) is 23.2. The zero-order chi connectivity index (χ0) is 23.0. The fraction of sp³-hybridized carbons (Fsp3) is 0.458. The molecule has 1 aliphatic heterocycles. The van der Waals surface area contributed by atoms with Crippen LogP contribution in [0.4, 0.5) is 4.79 Å². The minimum absolute atomic E-state index is 0.0763. The highest BCUT2D eigenvalue weighted by Gasteiger charge is 2.47. The average molecular weight is 446 g/mol. The second-order valence-electron chi connectivity index (χ2n) is 8.13. The van der Waals surface area contributed by atoms with Gasteiger partial charge in [0.2, 0.25) is 0 Å². The fourth-order valence-corrected chi connectivity index (χ4v) is 3.53. The van der Waals surface area contributed by atoms with Crippen LogP contribution in [-0.2, 0) is 32.2 Å². The summed E-state index contributed by atoms with van der Waals surface area (Å²) in [6.45, 7) is 3.61. The number of nitrogens with one attached hydrogen (secondary N) is 1. The number of alkyl carbamates (subject to hydrolysis) is 1. The Labute approximate surface area is 188 Å². The van der Waals surface area contributed by atoms with Gasteiger partial charge in [-0.25, -0.2) is 4.79 Å². The number of carbonyl (C=O) groups excluding carboxylic acids is 1. The zero-order valence-electron chi connectivity index (χ0n) is 18.3. The lowest BCUT2D eigenvalue weighted by molar-refractivity contribution is -0.160. The maximum Gasteiger partial charge on any atom is 0.407 e. The number of aliphatic hydroxyl groups is 2. The molecule has 1 aliphatic rings. The van der Waals surface area contributed by atoms with Crippen molar-refractivity contribution >= 4 is 6.09 Å². The number of amides is 1. The maximum absolute atomic E-state index is 12.2. The number of benzene rings is 2. The van der Waals surface area contributed by atoms with E-state index >= 15 is 0 Å². The van der Waals surface area contributed by atoms with E-state index in [1.807, 2.05) is 60.7 Å². The first-order chi connectivity index (χ1) is 15.4. The van der Waals surface area contributed by atoms with E-state index in [0.29, 0.717) is 6.61 Å². The highest BCUT2D eigenvalue weighted by atomic mass is 16.8. The molecule has 1 heterocycles. The van der Waals surface area contributed by atoms with Crippen LogP contribution in [0, 0.1) is 0 Å². The number of carbonyl (C=O) groups is 1. The molecule has 1 fully saturated rings. The van der Waals surface area contributed by atoms with E-state index in [4.69, 9.17) is 18.9 Å². The SMILES string of the molecule is CC1(C)O[C@@H]([C@@H](O)[C@@H](CO)NC(=O)OCc2ccccc2)[C@H](COCc2ccccc2)O1. The van der Waals surface area contributed by atoms with Crippen molar-refractivity contribution < 1.29 is 34.0 Å². The molecular weight excluding hydrogens is 414 g/mol. The van der Waals surface area contributed by atoms with Crippen molar-refractivity contribution in [2.75, 3.05) is 13.2 Å². The van der Waals surface area contributed by atoms with Crippen LogP contribution in [0.25, 0.3) is 0 Å². The lowest BCUT2D eigenvalue weighted by atomic mass is 10.0. The largest absolute Gasteiger partial charge is 0.445 e. The van der Waals surface area contributed by atoms with E-state index in [2.05, 4.69) is 5.32 Å². The lowest BCUT2D eigenvalue weighted by Gasteiger charge is -2.28. The standard InChI is InChI=1S/C24H31NO7/c1-24(2)31-20(16-29-14-17-9-5-3-6-10-17)22(32-24)21(27)19(13-26)25-23(28)30-15-18-11-7-4-8-12-18/h3-12,19-22,26-27H,13-16H2,1-2H3,(H,25,28)/t19-,20+,21+,22-/m1/s1. The molecule has 1 amide bonds. The Hall–Kier alpha value is -2.49. The van der Waals surface area contributed by atoms with Crippen LogP contribution < -0.4 is 5.32 Å². The van der Waals surface area contributed by atoms with Gasteiger partial charge in [-0.3, -0.25) is 0 Å². The summed E-state index contributed by atoms with van der Waals surface area (Å²) >= 11 is 0. The summed E-state index contributed by atoms with van der Waals surface area (Å²) in [6, 6.07) is 17.9. The first-order valence-electron chi connectivity index (χ1n) is 10.6. The number of rotatable bonds is 10. The van der Waals surface area contributed by atoms with E-state index in [-0.39, 0.29) is 13.2 Å². The summed E-state index contributed by atoms with van der Waals surface area (Å²) in [4.78, 5) is 12.2. The van der Waals surface area contributed by atoms with Crippen molar-refractivity contribution in [3.05, 3.63) is 71.8 Å². The van der Waals surface area contributed by atoms with E-state index in [1.54, 1.807) is 13.8 Å². The molecule has 3 N–H and O–H groups in total. The molecule has 0 radical (unpaired) electrons. The monoisotopic (exact) mass is 445 g/mol. The third-order valence-electron chi connectivity index (χ3n) is 5.08. The fourth-order valence-electron chi connectivity index (χ4n) is 3.53. The molecule has 0 unspecified atom stereocenters. The molecule has 0 spiro atoms. The van der Waals surface area contributed by atoms with Gasteiger partial charge in [-0.2, -0.15) is 0 Å². The van der Waals surface area contributed by atoms with Crippen LogP contribution in [0.15, 0.2) is 60.7 Å². The summed E-state index contributed by atoms with van der Waals surface area (Å²) in [5.74, 6) is -0.944. The van der Waals surface area contributed by atoms with Crippen molar-refractivity contribution in [3.63, 3.8) is 0 Å². The van der Waals surface area contributed by atoms with Crippen molar-refractivity contribution in [1.82, 2.24) is 5.32 Å².